The fraction of sp³-hybridized carbons (Fsp3) is 0.364. The number of benzene rings is 2. The molecule has 0 unspecified atom stereocenters. The molecule has 11 heteroatoms. The van der Waals surface area contributed by atoms with Gasteiger partial charge in [0.25, 0.3) is 0 Å². The second kappa shape index (κ2) is 8.28. The number of rotatable bonds is 5. The maximum absolute atomic E-state index is 13.3. The van der Waals surface area contributed by atoms with Crippen LogP contribution >= 0.6 is 0 Å². The second-order valence-corrected chi connectivity index (χ2v) is 15.8. The Kier molecular flexibility index (Phi) is 6.27. The fourth-order valence-corrected chi connectivity index (χ4v) is 4.47. The van der Waals surface area contributed by atoms with E-state index in [2.05, 4.69) is 43.9 Å². The van der Waals surface area contributed by atoms with Crippen molar-refractivity contribution in [3.63, 3.8) is 0 Å². The smallest absolute Gasteiger partial charge is 0.518 e. The molecule has 3 aromatic rings. The molecule has 1 heterocycles. The van der Waals surface area contributed by atoms with Gasteiger partial charge in [-0.25, -0.2) is 4.98 Å². The lowest BCUT2D eigenvalue weighted by Crippen LogP contribution is -2.43. The summed E-state index contributed by atoms with van der Waals surface area (Å²) in [5.41, 5.74) is -4.04. The largest absolute Gasteiger partial charge is 0.544 e. The first kappa shape index (κ1) is 25.0. The van der Waals surface area contributed by atoms with Crippen molar-refractivity contribution in [2.24, 2.45) is 0 Å². The van der Waals surface area contributed by atoms with Crippen LogP contribution < -0.4 is 4.43 Å². The Hall–Kier alpha value is -2.66. The molecule has 1 aromatic heterocycles. The molecule has 0 saturated carbocycles. The van der Waals surface area contributed by atoms with Crippen molar-refractivity contribution < 1.29 is 26.0 Å². The third-order valence-corrected chi connectivity index (χ3v) is 11.4. The molecule has 0 N–H and O–H groups in total. The van der Waals surface area contributed by atoms with Crippen LogP contribution in [0.2, 0.25) is 18.1 Å². The highest BCUT2D eigenvalue weighted by atomic mass is 32.2. The van der Waals surface area contributed by atoms with Gasteiger partial charge in [-0.05, 0) is 49.3 Å². The summed E-state index contributed by atoms with van der Waals surface area (Å²) in [4.78, 5) is 4.14. The van der Waals surface area contributed by atoms with E-state index in [4.69, 9.17) is 4.43 Å². The van der Waals surface area contributed by atoms with Crippen molar-refractivity contribution in [1.82, 2.24) is 14.2 Å². The highest BCUT2D eigenvalue weighted by molar-refractivity contribution is 7.90. The van der Waals surface area contributed by atoms with Gasteiger partial charge in [0, 0.05) is 11.1 Å². The minimum atomic E-state index is -5.79. The molecule has 0 aliphatic rings. The number of hydrogen-bond acceptors (Lipinski definition) is 5. The van der Waals surface area contributed by atoms with Gasteiger partial charge < -0.3 is 4.43 Å². The van der Waals surface area contributed by atoms with Crippen LogP contribution in [0.5, 0.6) is 5.75 Å². The van der Waals surface area contributed by atoms with E-state index in [-0.39, 0.29) is 20.5 Å². The SMILES string of the molecule is Cc1ccc(-c2nc(-c3ccc(O[Si](C)(C)C(C)(C)C)cc3)n(S(=O)(=O)C(F)(F)F)n2)cc1. The first-order valence-electron chi connectivity index (χ1n) is 10.2. The maximum Gasteiger partial charge on any atom is 0.518 e. The molecule has 0 saturated heterocycles. The fourth-order valence-electron chi connectivity index (χ4n) is 2.68. The van der Waals surface area contributed by atoms with Crippen molar-refractivity contribution in [2.45, 2.75) is 51.3 Å². The van der Waals surface area contributed by atoms with Crippen molar-refractivity contribution in [3.05, 3.63) is 54.1 Å². The van der Waals surface area contributed by atoms with Crippen molar-refractivity contribution in [2.75, 3.05) is 0 Å². The molecule has 0 fully saturated rings. The van der Waals surface area contributed by atoms with Crippen LogP contribution in [0.25, 0.3) is 22.8 Å². The summed E-state index contributed by atoms with van der Waals surface area (Å²) in [5.74, 6) is -0.00459. The molecule has 0 atom stereocenters. The summed E-state index contributed by atoms with van der Waals surface area (Å²) in [7, 11) is -7.92. The Labute approximate surface area is 192 Å². The zero-order valence-corrected chi connectivity index (χ0v) is 21.0. The monoisotopic (exact) mass is 497 g/mol. The Balaban J connectivity index is 2.09. The summed E-state index contributed by atoms with van der Waals surface area (Å²) in [6.07, 6.45) is 0. The lowest BCUT2D eigenvalue weighted by atomic mass is 10.1. The van der Waals surface area contributed by atoms with Gasteiger partial charge in [0.2, 0.25) is 8.32 Å². The third kappa shape index (κ3) is 4.98. The van der Waals surface area contributed by atoms with Gasteiger partial charge in [-0.2, -0.15) is 21.6 Å². The van der Waals surface area contributed by atoms with Crippen LogP contribution in [0, 0.1) is 6.92 Å². The first-order valence-corrected chi connectivity index (χ1v) is 14.5. The highest BCUT2D eigenvalue weighted by Gasteiger charge is 2.49. The Morgan fingerprint density at radius 2 is 1.42 bits per heavy atom. The van der Waals surface area contributed by atoms with E-state index in [1.165, 1.54) is 12.1 Å². The van der Waals surface area contributed by atoms with Crippen LogP contribution in [0.4, 0.5) is 13.2 Å². The average molecular weight is 498 g/mol. The van der Waals surface area contributed by atoms with E-state index in [0.717, 1.165) is 5.56 Å². The number of aromatic nitrogens is 3. The van der Waals surface area contributed by atoms with E-state index in [9.17, 15) is 21.6 Å². The predicted molar refractivity (Wildman–Crippen MR) is 124 cm³/mol. The van der Waals surface area contributed by atoms with Crippen LogP contribution in [-0.4, -0.2) is 36.4 Å². The summed E-state index contributed by atoms with van der Waals surface area (Å²) in [5, 5.41) is 3.67. The Bertz CT molecular complexity index is 1250. The molecule has 33 heavy (non-hydrogen) atoms. The Morgan fingerprint density at radius 3 is 1.91 bits per heavy atom. The molecule has 178 valence electrons. The minimum absolute atomic E-state index is 0.0461. The van der Waals surface area contributed by atoms with E-state index in [1.54, 1.807) is 36.4 Å². The molecule has 3 rings (SSSR count). The number of hydrogen-bond donors (Lipinski definition) is 0. The minimum Gasteiger partial charge on any atom is -0.544 e. The maximum atomic E-state index is 13.3. The van der Waals surface area contributed by atoms with Gasteiger partial charge in [-0.1, -0.05) is 50.6 Å². The van der Waals surface area contributed by atoms with Crippen LogP contribution in [-0.2, 0) is 10.0 Å². The van der Waals surface area contributed by atoms with Gasteiger partial charge >= 0.3 is 15.5 Å². The van der Waals surface area contributed by atoms with Crippen LogP contribution in [0.1, 0.15) is 26.3 Å². The van der Waals surface area contributed by atoms with E-state index in [1.807, 2.05) is 6.92 Å². The molecule has 0 spiro atoms. The molecule has 0 aliphatic carbocycles. The highest BCUT2D eigenvalue weighted by Crippen LogP contribution is 2.38. The number of nitrogens with zero attached hydrogens (tertiary/aromatic N) is 3. The van der Waals surface area contributed by atoms with Gasteiger partial charge in [0.05, 0.1) is 0 Å². The molecular weight excluding hydrogens is 471 g/mol. The molecule has 0 aliphatic heterocycles. The second-order valence-electron chi connectivity index (χ2n) is 9.31. The first-order chi connectivity index (χ1) is 15.0. The van der Waals surface area contributed by atoms with E-state index >= 15 is 0 Å². The lowest BCUT2D eigenvalue weighted by molar-refractivity contribution is -0.0449. The summed E-state index contributed by atoms with van der Waals surface area (Å²) in [6, 6.07) is 12.9. The van der Waals surface area contributed by atoms with Crippen LogP contribution in [0.3, 0.4) is 0 Å². The quantitative estimate of drug-likeness (QED) is 0.404. The summed E-state index contributed by atoms with van der Waals surface area (Å²) < 4.78 is 70.6. The predicted octanol–water partition coefficient (Wildman–Crippen LogP) is 6.00. The van der Waals surface area contributed by atoms with Crippen molar-refractivity contribution in [3.8, 4) is 28.5 Å². The van der Waals surface area contributed by atoms with Crippen LogP contribution in [0.15, 0.2) is 48.5 Å². The topological polar surface area (TPSA) is 74.1 Å². The molecule has 0 amide bonds. The number of halogens is 3. The molecular formula is C22H26F3N3O3SSi. The summed E-state index contributed by atoms with van der Waals surface area (Å²) >= 11 is 0. The average Bonchev–Trinajstić information content (AvgIpc) is 3.13. The van der Waals surface area contributed by atoms with E-state index in [0.29, 0.717) is 11.3 Å². The van der Waals surface area contributed by atoms with Gasteiger partial charge in [0.1, 0.15) is 5.75 Å². The number of aryl methyl sites for hydroxylation is 1. The van der Waals surface area contributed by atoms with Crippen molar-refractivity contribution in [1.29, 1.82) is 0 Å². The zero-order valence-electron chi connectivity index (χ0n) is 19.2. The summed E-state index contributed by atoms with van der Waals surface area (Å²) in [6.45, 7) is 12.3. The standard InChI is InChI=1S/C22H26F3N3O3SSi/c1-15-7-9-16(10-8-15)19-26-20(28(27-19)32(29,30)22(23,24)25)17-11-13-18(14-12-17)31-33(5,6)21(2,3)4/h7-14H,1-6H3. The number of alkyl halides is 3. The van der Waals surface area contributed by atoms with E-state index < -0.39 is 29.7 Å². The third-order valence-electron chi connectivity index (χ3n) is 5.70. The molecule has 2 aromatic carbocycles. The normalized spacial score (nSPS) is 13.2. The Morgan fingerprint density at radius 1 is 0.909 bits per heavy atom. The molecule has 0 radical (unpaired) electrons. The van der Waals surface area contributed by atoms with Gasteiger partial charge in [-0.3, -0.25) is 0 Å². The van der Waals surface area contributed by atoms with Crippen molar-refractivity contribution >= 4 is 18.3 Å². The molecule has 0 bridgehead atoms. The van der Waals surface area contributed by atoms with Gasteiger partial charge in [-0.15, -0.1) is 9.19 Å². The van der Waals surface area contributed by atoms with Gasteiger partial charge in [0.15, 0.2) is 11.6 Å². The molecule has 6 nitrogen and oxygen atoms in total. The zero-order chi connectivity index (χ0) is 24.8. The lowest BCUT2D eigenvalue weighted by Gasteiger charge is -2.36.